The maximum absolute atomic E-state index is 12.6. The number of amides is 1. The predicted octanol–water partition coefficient (Wildman–Crippen LogP) is 5.08. The highest BCUT2D eigenvalue weighted by Crippen LogP contribution is 2.32. The lowest BCUT2D eigenvalue weighted by atomic mass is 9.93. The van der Waals surface area contributed by atoms with Gasteiger partial charge in [-0.25, -0.2) is 0 Å². The number of carbonyl (C=O) groups is 1. The topological polar surface area (TPSA) is 47.6 Å². The zero-order valence-electron chi connectivity index (χ0n) is 17.4. The van der Waals surface area contributed by atoms with Crippen molar-refractivity contribution >= 4 is 5.91 Å². The molecule has 2 rings (SSSR count). The van der Waals surface area contributed by atoms with Gasteiger partial charge < -0.3 is 14.8 Å². The Morgan fingerprint density at radius 1 is 0.963 bits per heavy atom. The third-order valence-corrected chi connectivity index (χ3v) is 4.77. The highest BCUT2D eigenvalue weighted by Gasteiger charge is 2.20. The van der Waals surface area contributed by atoms with Crippen molar-refractivity contribution in [2.75, 3.05) is 7.11 Å². The SMILES string of the molecule is COc1cc(C)c([C@H](C)NC(=O)[C@@H](C)Oc2ccc(C)cc2)cc1C(C)C. The molecule has 146 valence electrons. The Morgan fingerprint density at radius 3 is 2.15 bits per heavy atom. The van der Waals surface area contributed by atoms with E-state index in [1.165, 1.54) is 0 Å². The number of methoxy groups -OCH3 is 1. The molecule has 0 aliphatic heterocycles. The lowest BCUT2D eigenvalue weighted by molar-refractivity contribution is -0.127. The summed E-state index contributed by atoms with van der Waals surface area (Å²) in [5, 5.41) is 3.07. The molecule has 0 unspecified atom stereocenters. The summed E-state index contributed by atoms with van der Waals surface area (Å²) in [5.74, 6) is 1.79. The molecule has 4 nitrogen and oxygen atoms in total. The number of ether oxygens (including phenoxy) is 2. The van der Waals surface area contributed by atoms with E-state index in [1.807, 2.05) is 51.1 Å². The van der Waals surface area contributed by atoms with Crippen LogP contribution in [0.2, 0.25) is 0 Å². The van der Waals surface area contributed by atoms with Gasteiger partial charge in [-0.05, 0) is 74.6 Å². The molecular formula is C23H31NO3. The van der Waals surface area contributed by atoms with Gasteiger partial charge in [0.25, 0.3) is 5.91 Å². The lowest BCUT2D eigenvalue weighted by Crippen LogP contribution is -2.38. The van der Waals surface area contributed by atoms with Crippen LogP contribution in [0, 0.1) is 13.8 Å². The molecule has 2 aromatic rings. The summed E-state index contributed by atoms with van der Waals surface area (Å²) < 4.78 is 11.3. The second-order valence-corrected chi connectivity index (χ2v) is 7.41. The molecule has 4 heteroatoms. The quantitative estimate of drug-likeness (QED) is 0.740. The largest absolute Gasteiger partial charge is 0.496 e. The van der Waals surface area contributed by atoms with Crippen LogP contribution < -0.4 is 14.8 Å². The molecule has 0 radical (unpaired) electrons. The van der Waals surface area contributed by atoms with E-state index in [-0.39, 0.29) is 11.9 Å². The lowest BCUT2D eigenvalue weighted by Gasteiger charge is -2.22. The number of benzene rings is 2. The van der Waals surface area contributed by atoms with Crippen LogP contribution in [0.1, 0.15) is 61.9 Å². The Morgan fingerprint density at radius 2 is 1.59 bits per heavy atom. The molecule has 2 atom stereocenters. The fraction of sp³-hybridized carbons (Fsp3) is 0.435. The minimum Gasteiger partial charge on any atom is -0.496 e. The monoisotopic (exact) mass is 369 g/mol. The summed E-state index contributed by atoms with van der Waals surface area (Å²) in [7, 11) is 1.69. The summed E-state index contributed by atoms with van der Waals surface area (Å²) in [6.07, 6.45) is -0.571. The van der Waals surface area contributed by atoms with Crippen molar-refractivity contribution in [1.29, 1.82) is 0 Å². The van der Waals surface area contributed by atoms with Crippen molar-refractivity contribution in [1.82, 2.24) is 5.32 Å². The Bertz CT molecular complexity index is 781. The van der Waals surface area contributed by atoms with Gasteiger partial charge in [0.2, 0.25) is 0 Å². The van der Waals surface area contributed by atoms with Gasteiger partial charge in [0.15, 0.2) is 6.10 Å². The predicted molar refractivity (Wildman–Crippen MR) is 110 cm³/mol. The normalized spacial score (nSPS) is 13.2. The van der Waals surface area contributed by atoms with Crippen LogP contribution in [0.15, 0.2) is 36.4 Å². The number of hydrogen-bond donors (Lipinski definition) is 1. The van der Waals surface area contributed by atoms with Crippen LogP contribution in [-0.2, 0) is 4.79 Å². The average Bonchev–Trinajstić information content (AvgIpc) is 2.62. The Hall–Kier alpha value is -2.49. The molecule has 0 aromatic heterocycles. The average molecular weight is 370 g/mol. The number of carbonyl (C=O) groups excluding carboxylic acids is 1. The highest BCUT2D eigenvalue weighted by molar-refractivity contribution is 5.81. The maximum atomic E-state index is 12.6. The van der Waals surface area contributed by atoms with Crippen LogP contribution in [0.4, 0.5) is 0 Å². The van der Waals surface area contributed by atoms with E-state index < -0.39 is 6.10 Å². The maximum Gasteiger partial charge on any atom is 0.261 e. The highest BCUT2D eigenvalue weighted by atomic mass is 16.5. The molecule has 0 aliphatic rings. The van der Waals surface area contributed by atoms with E-state index in [4.69, 9.17) is 9.47 Å². The second-order valence-electron chi connectivity index (χ2n) is 7.41. The third-order valence-electron chi connectivity index (χ3n) is 4.77. The van der Waals surface area contributed by atoms with Crippen molar-refractivity contribution in [3.8, 4) is 11.5 Å². The fourth-order valence-electron chi connectivity index (χ4n) is 3.09. The van der Waals surface area contributed by atoms with Gasteiger partial charge in [0.05, 0.1) is 13.2 Å². The van der Waals surface area contributed by atoms with Crippen molar-refractivity contribution in [2.24, 2.45) is 0 Å². The summed E-state index contributed by atoms with van der Waals surface area (Å²) in [4.78, 5) is 12.6. The first-order valence-corrected chi connectivity index (χ1v) is 9.45. The number of hydrogen-bond acceptors (Lipinski definition) is 3. The Labute approximate surface area is 162 Å². The van der Waals surface area contributed by atoms with Crippen LogP contribution in [0.3, 0.4) is 0 Å². The standard InChI is InChI=1S/C23H31NO3/c1-14(2)20-13-21(16(4)12-22(20)26-7)17(5)24-23(25)18(6)27-19-10-8-15(3)9-11-19/h8-14,17-18H,1-7H3,(H,24,25)/t17-,18+/m0/s1. The van der Waals surface area contributed by atoms with Crippen molar-refractivity contribution in [2.45, 2.75) is 59.6 Å². The van der Waals surface area contributed by atoms with E-state index >= 15 is 0 Å². The van der Waals surface area contributed by atoms with Crippen LogP contribution in [-0.4, -0.2) is 19.1 Å². The van der Waals surface area contributed by atoms with Gasteiger partial charge in [0, 0.05) is 0 Å². The van der Waals surface area contributed by atoms with E-state index in [0.29, 0.717) is 11.7 Å². The van der Waals surface area contributed by atoms with E-state index in [2.05, 4.69) is 25.2 Å². The molecule has 1 N–H and O–H groups in total. The van der Waals surface area contributed by atoms with Crippen molar-refractivity contribution in [3.05, 3.63) is 58.7 Å². The molecule has 0 heterocycles. The van der Waals surface area contributed by atoms with Gasteiger partial charge in [0.1, 0.15) is 11.5 Å². The van der Waals surface area contributed by atoms with Gasteiger partial charge in [-0.2, -0.15) is 0 Å². The van der Waals surface area contributed by atoms with E-state index in [0.717, 1.165) is 28.0 Å². The molecule has 27 heavy (non-hydrogen) atoms. The number of nitrogens with one attached hydrogen (secondary N) is 1. The van der Waals surface area contributed by atoms with Crippen LogP contribution in [0.25, 0.3) is 0 Å². The summed E-state index contributed by atoms with van der Waals surface area (Å²) in [6.45, 7) is 12.1. The second kappa shape index (κ2) is 8.94. The third kappa shape index (κ3) is 5.25. The van der Waals surface area contributed by atoms with Gasteiger partial charge in [-0.15, -0.1) is 0 Å². The fourth-order valence-corrected chi connectivity index (χ4v) is 3.09. The molecule has 0 saturated carbocycles. The zero-order valence-corrected chi connectivity index (χ0v) is 17.4. The van der Waals surface area contributed by atoms with E-state index in [9.17, 15) is 4.79 Å². The van der Waals surface area contributed by atoms with Gasteiger partial charge >= 0.3 is 0 Å². The number of aryl methyl sites for hydroxylation is 2. The Kier molecular flexibility index (Phi) is 6.89. The molecule has 0 bridgehead atoms. The molecule has 0 saturated heterocycles. The smallest absolute Gasteiger partial charge is 0.261 e. The van der Waals surface area contributed by atoms with Gasteiger partial charge in [-0.3, -0.25) is 4.79 Å². The summed E-state index contributed by atoms with van der Waals surface area (Å²) >= 11 is 0. The molecule has 0 aliphatic carbocycles. The van der Waals surface area contributed by atoms with E-state index in [1.54, 1.807) is 14.0 Å². The van der Waals surface area contributed by atoms with Crippen LogP contribution in [0.5, 0.6) is 11.5 Å². The first-order chi connectivity index (χ1) is 12.7. The minimum absolute atomic E-state index is 0.120. The first-order valence-electron chi connectivity index (χ1n) is 9.45. The molecule has 0 fully saturated rings. The summed E-state index contributed by atoms with van der Waals surface area (Å²) in [6, 6.07) is 11.8. The zero-order chi connectivity index (χ0) is 20.1. The van der Waals surface area contributed by atoms with Crippen molar-refractivity contribution in [3.63, 3.8) is 0 Å². The molecular weight excluding hydrogens is 338 g/mol. The molecule has 2 aromatic carbocycles. The van der Waals surface area contributed by atoms with Crippen LogP contribution >= 0.6 is 0 Å². The van der Waals surface area contributed by atoms with Crippen molar-refractivity contribution < 1.29 is 14.3 Å². The van der Waals surface area contributed by atoms with Gasteiger partial charge in [-0.1, -0.05) is 31.5 Å². The Balaban J connectivity index is 2.11. The molecule has 0 spiro atoms. The number of rotatable bonds is 7. The molecule has 1 amide bonds. The minimum atomic E-state index is -0.571. The first kappa shape index (κ1) is 20.8. The summed E-state index contributed by atoms with van der Waals surface area (Å²) in [5.41, 5.74) is 4.48.